The van der Waals surface area contributed by atoms with Crippen LogP contribution in [0.25, 0.3) is 0 Å². The molecule has 0 bridgehead atoms. The highest BCUT2D eigenvalue weighted by molar-refractivity contribution is 7.99. The van der Waals surface area contributed by atoms with E-state index in [1.165, 1.54) is 16.2 Å². The number of thioether (sulfide) groups is 1. The zero-order valence-electron chi connectivity index (χ0n) is 13.4. The first kappa shape index (κ1) is 17.3. The highest BCUT2D eigenvalue weighted by atomic mass is 32.2. The third kappa shape index (κ3) is 4.26. The molecule has 0 spiro atoms. The van der Waals surface area contributed by atoms with Crippen LogP contribution in [-0.4, -0.2) is 30.0 Å². The normalized spacial score (nSPS) is 13.3. The minimum Gasteiger partial charge on any atom is -0.462 e. The Balaban J connectivity index is 2.07. The van der Waals surface area contributed by atoms with E-state index >= 15 is 0 Å². The van der Waals surface area contributed by atoms with E-state index in [9.17, 15) is 9.59 Å². The van der Waals surface area contributed by atoms with Gasteiger partial charge in [0.1, 0.15) is 5.00 Å². The van der Waals surface area contributed by atoms with Gasteiger partial charge in [0.15, 0.2) is 0 Å². The van der Waals surface area contributed by atoms with Crippen LogP contribution in [-0.2, 0) is 22.4 Å². The lowest BCUT2D eigenvalue weighted by atomic mass is 10.1. The predicted octanol–water partition coefficient (Wildman–Crippen LogP) is 3.74. The van der Waals surface area contributed by atoms with Gasteiger partial charge >= 0.3 is 5.97 Å². The molecule has 1 aromatic rings. The highest BCUT2D eigenvalue weighted by Crippen LogP contribution is 2.39. The van der Waals surface area contributed by atoms with Crippen LogP contribution in [0.15, 0.2) is 0 Å². The molecule has 0 aliphatic heterocycles. The maximum Gasteiger partial charge on any atom is 0.341 e. The van der Waals surface area contributed by atoms with Gasteiger partial charge in [0.2, 0.25) is 5.91 Å². The van der Waals surface area contributed by atoms with Gasteiger partial charge in [-0.3, -0.25) is 4.79 Å². The Morgan fingerprint density at radius 1 is 1.36 bits per heavy atom. The van der Waals surface area contributed by atoms with Crippen LogP contribution in [0.3, 0.4) is 0 Å². The van der Waals surface area contributed by atoms with Gasteiger partial charge < -0.3 is 10.1 Å². The van der Waals surface area contributed by atoms with Crippen molar-refractivity contribution in [1.29, 1.82) is 0 Å². The zero-order chi connectivity index (χ0) is 16.1. The molecule has 1 aromatic heterocycles. The van der Waals surface area contributed by atoms with Crippen LogP contribution < -0.4 is 5.32 Å². The topological polar surface area (TPSA) is 55.4 Å². The van der Waals surface area contributed by atoms with Crippen molar-refractivity contribution >= 4 is 40.0 Å². The molecule has 0 saturated heterocycles. The van der Waals surface area contributed by atoms with Crippen molar-refractivity contribution in [2.45, 2.75) is 40.0 Å². The maximum atomic E-state index is 12.2. The van der Waals surface area contributed by atoms with Crippen molar-refractivity contribution < 1.29 is 14.3 Å². The van der Waals surface area contributed by atoms with Gasteiger partial charge in [-0.05, 0) is 43.4 Å². The number of carbonyl (C=O) groups is 2. The summed E-state index contributed by atoms with van der Waals surface area (Å²) in [5.41, 5.74) is 1.66. The van der Waals surface area contributed by atoms with Crippen molar-refractivity contribution in [3.8, 4) is 0 Å². The lowest BCUT2D eigenvalue weighted by molar-refractivity contribution is -0.113. The summed E-state index contributed by atoms with van der Waals surface area (Å²) < 4.78 is 5.16. The van der Waals surface area contributed by atoms with E-state index < -0.39 is 0 Å². The van der Waals surface area contributed by atoms with E-state index in [0.717, 1.165) is 30.6 Å². The fourth-order valence-corrected chi connectivity index (χ4v) is 4.60. The number of carbonyl (C=O) groups excluding carboxylic acids is 2. The molecule has 0 saturated carbocycles. The lowest BCUT2D eigenvalue weighted by Crippen LogP contribution is -2.17. The molecule has 2 rings (SSSR count). The summed E-state index contributed by atoms with van der Waals surface area (Å²) in [6.45, 7) is 6.41. The van der Waals surface area contributed by atoms with Gasteiger partial charge in [0, 0.05) is 4.88 Å². The van der Waals surface area contributed by atoms with Crippen molar-refractivity contribution in [1.82, 2.24) is 0 Å². The molecule has 4 nitrogen and oxygen atoms in total. The number of thiophene rings is 1. The first-order valence-corrected chi connectivity index (χ1v) is 9.69. The van der Waals surface area contributed by atoms with Gasteiger partial charge in [-0.25, -0.2) is 4.79 Å². The van der Waals surface area contributed by atoms with Crippen LogP contribution in [0, 0.1) is 5.92 Å². The smallest absolute Gasteiger partial charge is 0.341 e. The number of amides is 1. The van der Waals surface area contributed by atoms with E-state index in [-0.39, 0.29) is 11.9 Å². The second-order valence-electron chi connectivity index (χ2n) is 5.74. The number of anilines is 1. The second-order valence-corrected chi connectivity index (χ2v) is 7.87. The largest absolute Gasteiger partial charge is 0.462 e. The third-order valence-electron chi connectivity index (χ3n) is 3.34. The number of esters is 1. The Morgan fingerprint density at radius 2 is 2.14 bits per heavy atom. The first-order chi connectivity index (χ1) is 10.5. The van der Waals surface area contributed by atoms with E-state index in [1.807, 2.05) is 0 Å². The van der Waals surface area contributed by atoms with Crippen LogP contribution in [0.4, 0.5) is 5.00 Å². The number of nitrogens with one attached hydrogen (secondary N) is 1. The first-order valence-electron chi connectivity index (χ1n) is 7.72. The molecule has 1 aliphatic rings. The van der Waals surface area contributed by atoms with Crippen molar-refractivity contribution in [2.24, 2.45) is 5.92 Å². The zero-order valence-corrected chi connectivity index (χ0v) is 15.0. The van der Waals surface area contributed by atoms with E-state index in [4.69, 9.17) is 4.74 Å². The minimum absolute atomic E-state index is 0.0453. The summed E-state index contributed by atoms with van der Waals surface area (Å²) in [7, 11) is 0. The Morgan fingerprint density at radius 3 is 2.82 bits per heavy atom. The molecule has 6 heteroatoms. The SMILES string of the molecule is CCOC(=O)c1c(NC(=O)CSCC(C)C)sc2c1CCC2. The lowest BCUT2D eigenvalue weighted by Gasteiger charge is -2.08. The fourth-order valence-electron chi connectivity index (χ4n) is 2.46. The van der Waals surface area contributed by atoms with Gasteiger partial charge in [0.05, 0.1) is 17.9 Å². The van der Waals surface area contributed by atoms with Crippen molar-refractivity contribution in [3.63, 3.8) is 0 Å². The fraction of sp³-hybridized carbons (Fsp3) is 0.625. The number of hydrogen-bond acceptors (Lipinski definition) is 5. The number of ether oxygens (including phenoxy) is 1. The molecule has 0 aromatic carbocycles. The molecule has 1 heterocycles. The van der Waals surface area contributed by atoms with Crippen molar-refractivity contribution in [3.05, 3.63) is 16.0 Å². The average Bonchev–Trinajstić information content (AvgIpc) is 2.98. The Kier molecular flexibility index (Phi) is 6.32. The van der Waals surface area contributed by atoms with E-state index in [2.05, 4.69) is 19.2 Å². The molecule has 1 aliphatic carbocycles. The molecule has 0 fully saturated rings. The standard InChI is InChI=1S/C16H23NO3S2/c1-4-20-16(19)14-11-6-5-7-12(11)22-15(14)17-13(18)9-21-8-10(2)3/h10H,4-9H2,1-3H3,(H,17,18). The summed E-state index contributed by atoms with van der Waals surface area (Å²) in [6.07, 6.45) is 2.97. The van der Waals surface area contributed by atoms with Gasteiger partial charge in [-0.1, -0.05) is 13.8 Å². The van der Waals surface area contributed by atoms with Crippen LogP contribution in [0.2, 0.25) is 0 Å². The molecule has 0 unspecified atom stereocenters. The summed E-state index contributed by atoms with van der Waals surface area (Å²) >= 11 is 3.15. The number of fused-ring (bicyclic) bond motifs is 1. The van der Waals surface area contributed by atoms with Gasteiger partial charge in [0.25, 0.3) is 0 Å². The van der Waals surface area contributed by atoms with Crippen molar-refractivity contribution in [2.75, 3.05) is 23.4 Å². The van der Waals surface area contributed by atoms with Crippen LogP contribution >= 0.6 is 23.1 Å². The van der Waals surface area contributed by atoms with Crippen LogP contribution in [0.1, 0.15) is 48.0 Å². The molecule has 1 amide bonds. The number of hydrogen-bond donors (Lipinski definition) is 1. The summed E-state index contributed by atoms with van der Waals surface area (Å²) in [4.78, 5) is 25.5. The van der Waals surface area contributed by atoms with Gasteiger partial charge in [-0.2, -0.15) is 11.8 Å². The molecular formula is C16H23NO3S2. The molecule has 0 radical (unpaired) electrons. The minimum atomic E-state index is -0.313. The molecule has 122 valence electrons. The van der Waals surface area contributed by atoms with E-state index in [0.29, 0.717) is 28.8 Å². The highest BCUT2D eigenvalue weighted by Gasteiger charge is 2.28. The second kappa shape index (κ2) is 8.02. The monoisotopic (exact) mass is 341 g/mol. The Hall–Kier alpha value is -1.01. The summed E-state index contributed by atoms with van der Waals surface area (Å²) in [6, 6.07) is 0. The maximum absolute atomic E-state index is 12.2. The van der Waals surface area contributed by atoms with Gasteiger partial charge in [-0.15, -0.1) is 11.3 Å². The van der Waals surface area contributed by atoms with E-state index in [1.54, 1.807) is 18.7 Å². The van der Waals surface area contributed by atoms with Crippen LogP contribution in [0.5, 0.6) is 0 Å². The molecule has 22 heavy (non-hydrogen) atoms. The number of aryl methyl sites for hydroxylation is 1. The summed E-state index contributed by atoms with van der Waals surface area (Å²) in [5.74, 6) is 1.59. The molecule has 1 N–H and O–H groups in total. The average molecular weight is 341 g/mol. The summed E-state index contributed by atoms with van der Waals surface area (Å²) in [5, 5.41) is 3.58. The molecular weight excluding hydrogens is 318 g/mol. The molecule has 0 atom stereocenters. The Labute approximate surface area is 140 Å². The number of rotatable bonds is 7. The quantitative estimate of drug-likeness (QED) is 0.768. The Bertz CT molecular complexity index is 552. The third-order valence-corrected chi connectivity index (χ3v) is 5.91. The predicted molar refractivity (Wildman–Crippen MR) is 93.1 cm³/mol.